The Labute approximate surface area is 144 Å². The van der Waals surface area contributed by atoms with Crippen LogP contribution in [0.5, 0.6) is 5.75 Å². The molecule has 0 bridgehead atoms. The molecular weight excluding hydrogens is 298 g/mol. The van der Waals surface area contributed by atoms with Crippen LogP contribution in [-0.4, -0.2) is 23.3 Å². The molecule has 2 aromatic carbocycles. The lowest BCUT2D eigenvalue weighted by Crippen LogP contribution is -2.35. The summed E-state index contributed by atoms with van der Waals surface area (Å²) < 4.78 is 6.34. The van der Waals surface area contributed by atoms with Crippen molar-refractivity contribution in [2.24, 2.45) is 0 Å². The van der Waals surface area contributed by atoms with Crippen molar-refractivity contribution >= 4 is 5.78 Å². The van der Waals surface area contributed by atoms with Crippen molar-refractivity contribution in [3.8, 4) is 5.75 Å². The normalized spacial score (nSPS) is 19.2. The van der Waals surface area contributed by atoms with Crippen LogP contribution in [0.1, 0.15) is 54.4 Å². The minimum atomic E-state index is -0.0914. The molecule has 126 valence electrons. The molecule has 0 saturated carbocycles. The highest BCUT2D eigenvalue weighted by molar-refractivity contribution is 5.94. The molecule has 2 unspecified atom stereocenters. The Morgan fingerprint density at radius 2 is 1.79 bits per heavy atom. The molecule has 0 radical (unpaired) electrons. The lowest BCUT2D eigenvalue weighted by atomic mass is 10.1. The lowest BCUT2D eigenvalue weighted by molar-refractivity contribution is 0.0186. The quantitative estimate of drug-likeness (QED) is 0.743. The van der Waals surface area contributed by atoms with Crippen LogP contribution in [0, 0.1) is 6.92 Å². The first-order chi connectivity index (χ1) is 11.5. The van der Waals surface area contributed by atoms with Gasteiger partial charge in [-0.15, -0.1) is 0 Å². The third-order valence-corrected chi connectivity index (χ3v) is 4.78. The molecule has 1 fully saturated rings. The van der Waals surface area contributed by atoms with Gasteiger partial charge in [0.05, 0.1) is 0 Å². The van der Waals surface area contributed by atoms with E-state index in [1.165, 1.54) is 24.0 Å². The molecule has 2 aromatic rings. The summed E-state index contributed by atoms with van der Waals surface area (Å²) in [5.74, 6) is 0.870. The number of likely N-dealkylation sites (tertiary alicyclic amines) is 1. The Bertz CT molecular complexity index is 691. The zero-order valence-electron chi connectivity index (χ0n) is 14.7. The molecule has 0 aromatic heterocycles. The molecule has 0 spiro atoms. The second kappa shape index (κ2) is 7.18. The SMILES string of the molecule is CC(=O)c1ccc(OC(c2ccc(C)cc2)N2CCCC2C)cc1. The summed E-state index contributed by atoms with van der Waals surface area (Å²) in [4.78, 5) is 13.9. The number of carbonyl (C=O) groups excluding carboxylic acids is 1. The smallest absolute Gasteiger partial charge is 0.179 e. The number of hydrogen-bond acceptors (Lipinski definition) is 3. The van der Waals surface area contributed by atoms with Gasteiger partial charge in [0.15, 0.2) is 12.0 Å². The third-order valence-electron chi connectivity index (χ3n) is 4.78. The van der Waals surface area contributed by atoms with Gasteiger partial charge in [-0.1, -0.05) is 29.8 Å². The predicted molar refractivity (Wildman–Crippen MR) is 96.4 cm³/mol. The summed E-state index contributed by atoms with van der Waals surface area (Å²) in [5, 5.41) is 0. The molecule has 0 N–H and O–H groups in total. The van der Waals surface area contributed by atoms with Crippen molar-refractivity contribution < 1.29 is 9.53 Å². The van der Waals surface area contributed by atoms with Crippen LogP contribution in [0.2, 0.25) is 0 Å². The van der Waals surface area contributed by atoms with Crippen LogP contribution < -0.4 is 4.74 Å². The van der Waals surface area contributed by atoms with Gasteiger partial charge in [0.25, 0.3) is 0 Å². The average Bonchev–Trinajstić information content (AvgIpc) is 3.00. The van der Waals surface area contributed by atoms with Crippen LogP contribution >= 0.6 is 0 Å². The summed E-state index contributed by atoms with van der Waals surface area (Å²) in [6, 6.07) is 16.5. The standard InChI is InChI=1S/C21H25NO2/c1-15-6-8-19(9-7-15)21(22-14-4-5-16(22)2)24-20-12-10-18(11-13-20)17(3)23/h6-13,16,21H,4-5,14H2,1-3H3. The second-order valence-corrected chi connectivity index (χ2v) is 6.69. The molecule has 1 aliphatic rings. The van der Waals surface area contributed by atoms with E-state index in [4.69, 9.17) is 4.74 Å². The minimum Gasteiger partial charge on any atom is -0.471 e. The van der Waals surface area contributed by atoms with Gasteiger partial charge in [-0.2, -0.15) is 0 Å². The molecule has 1 aliphatic heterocycles. The molecule has 2 atom stereocenters. The van der Waals surface area contributed by atoms with Gasteiger partial charge in [-0.25, -0.2) is 0 Å². The van der Waals surface area contributed by atoms with Crippen molar-refractivity contribution in [2.45, 2.75) is 45.9 Å². The first kappa shape index (κ1) is 16.7. The van der Waals surface area contributed by atoms with Gasteiger partial charge in [0.2, 0.25) is 0 Å². The van der Waals surface area contributed by atoms with Crippen LogP contribution in [0.15, 0.2) is 48.5 Å². The third kappa shape index (κ3) is 3.68. The number of ether oxygens (including phenoxy) is 1. The first-order valence-corrected chi connectivity index (χ1v) is 8.64. The number of carbonyl (C=O) groups is 1. The summed E-state index contributed by atoms with van der Waals surface area (Å²) in [5.41, 5.74) is 3.13. The van der Waals surface area contributed by atoms with Crippen LogP contribution in [0.4, 0.5) is 0 Å². The Morgan fingerprint density at radius 1 is 1.12 bits per heavy atom. The average molecular weight is 323 g/mol. The van der Waals surface area contributed by atoms with Crippen molar-refractivity contribution in [3.05, 3.63) is 65.2 Å². The topological polar surface area (TPSA) is 29.5 Å². The maximum absolute atomic E-state index is 11.4. The first-order valence-electron chi connectivity index (χ1n) is 8.64. The molecular formula is C21H25NO2. The van der Waals surface area contributed by atoms with E-state index in [-0.39, 0.29) is 12.0 Å². The fourth-order valence-electron chi connectivity index (χ4n) is 3.26. The van der Waals surface area contributed by atoms with Gasteiger partial charge in [-0.3, -0.25) is 9.69 Å². The van der Waals surface area contributed by atoms with E-state index >= 15 is 0 Å². The fraction of sp³-hybridized carbons (Fsp3) is 0.381. The summed E-state index contributed by atoms with van der Waals surface area (Å²) >= 11 is 0. The molecule has 0 amide bonds. The molecule has 1 heterocycles. The highest BCUT2D eigenvalue weighted by Gasteiger charge is 2.30. The summed E-state index contributed by atoms with van der Waals surface area (Å²) in [6.45, 7) is 6.98. The van der Waals surface area contributed by atoms with Gasteiger partial charge < -0.3 is 4.74 Å². The van der Waals surface area contributed by atoms with Crippen LogP contribution in [0.25, 0.3) is 0 Å². The number of ketones is 1. The lowest BCUT2D eigenvalue weighted by Gasteiger charge is -2.32. The Kier molecular flexibility index (Phi) is 5.00. The van der Waals surface area contributed by atoms with Crippen LogP contribution in [-0.2, 0) is 0 Å². The number of benzene rings is 2. The van der Waals surface area contributed by atoms with Crippen LogP contribution in [0.3, 0.4) is 0 Å². The number of Topliss-reactive ketones (excluding diaryl/α,β-unsaturated/α-hetero) is 1. The Balaban J connectivity index is 1.86. The molecule has 3 rings (SSSR count). The van der Waals surface area contributed by atoms with E-state index in [2.05, 4.69) is 43.0 Å². The number of nitrogens with zero attached hydrogens (tertiary/aromatic N) is 1. The number of aryl methyl sites for hydroxylation is 1. The van der Waals surface area contributed by atoms with Crippen molar-refractivity contribution in [3.63, 3.8) is 0 Å². The second-order valence-electron chi connectivity index (χ2n) is 6.69. The van der Waals surface area contributed by atoms with Gasteiger partial charge in [-0.05, 0) is 57.9 Å². The maximum Gasteiger partial charge on any atom is 0.179 e. The van der Waals surface area contributed by atoms with Crippen molar-refractivity contribution in [1.82, 2.24) is 4.90 Å². The summed E-state index contributed by atoms with van der Waals surface area (Å²) in [7, 11) is 0. The molecule has 1 saturated heterocycles. The van der Waals surface area contributed by atoms with Crippen molar-refractivity contribution in [2.75, 3.05) is 6.54 Å². The Hall–Kier alpha value is -2.13. The van der Waals surface area contributed by atoms with E-state index in [1.807, 2.05) is 24.3 Å². The minimum absolute atomic E-state index is 0.0739. The number of rotatable bonds is 5. The fourth-order valence-corrected chi connectivity index (χ4v) is 3.26. The predicted octanol–water partition coefficient (Wildman–Crippen LogP) is 4.76. The molecule has 3 nitrogen and oxygen atoms in total. The van der Waals surface area contributed by atoms with E-state index < -0.39 is 0 Å². The monoisotopic (exact) mass is 323 g/mol. The molecule has 3 heteroatoms. The van der Waals surface area contributed by atoms with E-state index in [1.54, 1.807) is 6.92 Å². The summed E-state index contributed by atoms with van der Waals surface area (Å²) in [6.07, 6.45) is 2.32. The van der Waals surface area contributed by atoms with E-state index in [0.29, 0.717) is 11.6 Å². The highest BCUT2D eigenvalue weighted by atomic mass is 16.5. The largest absolute Gasteiger partial charge is 0.471 e. The zero-order chi connectivity index (χ0) is 17.1. The maximum atomic E-state index is 11.4. The zero-order valence-corrected chi connectivity index (χ0v) is 14.7. The van der Waals surface area contributed by atoms with E-state index in [0.717, 1.165) is 12.3 Å². The van der Waals surface area contributed by atoms with Crippen molar-refractivity contribution in [1.29, 1.82) is 0 Å². The van der Waals surface area contributed by atoms with Gasteiger partial charge in [0, 0.05) is 23.7 Å². The van der Waals surface area contributed by atoms with E-state index in [9.17, 15) is 4.79 Å². The molecule has 24 heavy (non-hydrogen) atoms. The van der Waals surface area contributed by atoms with Gasteiger partial charge >= 0.3 is 0 Å². The van der Waals surface area contributed by atoms with Gasteiger partial charge in [0.1, 0.15) is 5.75 Å². The Morgan fingerprint density at radius 3 is 2.33 bits per heavy atom. The number of hydrogen-bond donors (Lipinski definition) is 0. The highest BCUT2D eigenvalue weighted by Crippen LogP contribution is 2.32. The molecule has 0 aliphatic carbocycles.